The fraction of sp³-hybridized carbons (Fsp3) is 0.900. The molecule has 1 aliphatic rings. The number of hydrogen-bond acceptors (Lipinski definition) is 2. The zero-order chi connectivity index (χ0) is 10.6. The molecule has 1 fully saturated rings. The molecule has 0 aromatic heterocycles. The van der Waals surface area contributed by atoms with Crippen molar-refractivity contribution in [2.75, 3.05) is 18.1 Å². The molecule has 0 radical (unpaired) electrons. The van der Waals surface area contributed by atoms with Crippen molar-refractivity contribution in [1.82, 2.24) is 5.32 Å². The summed E-state index contributed by atoms with van der Waals surface area (Å²) in [6.45, 7) is 4.59. The second kappa shape index (κ2) is 5.40. The van der Waals surface area contributed by atoms with Crippen molar-refractivity contribution in [2.24, 2.45) is 5.92 Å². The maximum atomic E-state index is 11.5. The van der Waals surface area contributed by atoms with Crippen LogP contribution >= 0.6 is 27.7 Å². The van der Waals surface area contributed by atoms with Gasteiger partial charge in [-0.05, 0) is 44.1 Å². The van der Waals surface area contributed by atoms with Gasteiger partial charge in [0.2, 0.25) is 5.91 Å². The first kappa shape index (κ1) is 12.4. The van der Waals surface area contributed by atoms with Crippen LogP contribution in [0.5, 0.6) is 0 Å². The Kier molecular flexibility index (Phi) is 4.77. The van der Waals surface area contributed by atoms with Gasteiger partial charge >= 0.3 is 0 Å². The maximum Gasteiger partial charge on any atom is 0.236 e. The molecule has 0 bridgehead atoms. The SMILES string of the molecule is CC(C)(Br)C(=O)NCC1CCSCC1. The van der Waals surface area contributed by atoms with E-state index < -0.39 is 4.32 Å². The molecular formula is C10H18BrNOS. The largest absolute Gasteiger partial charge is 0.355 e. The van der Waals surface area contributed by atoms with Crippen LogP contribution in [0.2, 0.25) is 0 Å². The molecule has 1 N–H and O–H groups in total. The van der Waals surface area contributed by atoms with E-state index in [9.17, 15) is 4.79 Å². The number of carbonyl (C=O) groups excluding carboxylic acids is 1. The van der Waals surface area contributed by atoms with E-state index in [1.165, 1.54) is 24.3 Å². The Morgan fingerprint density at radius 1 is 1.50 bits per heavy atom. The maximum absolute atomic E-state index is 11.5. The van der Waals surface area contributed by atoms with Gasteiger partial charge in [0, 0.05) is 6.54 Å². The average molecular weight is 280 g/mol. The van der Waals surface area contributed by atoms with Crippen molar-refractivity contribution in [2.45, 2.75) is 31.0 Å². The number of nitrogens with one attached hydrogen (secondary N) is 1. The van der Waals surface area contributed by atoms with Crippen LogP contribution in [0.3, 0.4) is 0 Å². The molecule has 0 saturated carbocycles. The average Bonchev–Trinajstić information content (AvgIpc) is 2.14. The van der Waals surface area contributed by atoms with Gasteiger partial charge < -0.3 is 5.32 Å². The molecule has 2 nitrogen and oxygen atoms in total. The van der Waals surface area contributed by atoms with Crippen molar-refractivity contribution < 1.29 is 4.79 Å². The lowest BCUT2D eigenvalue weighted by Crippen LogP contribution is -2.40. The highest BCUT2D eigenvalue weighted by Crippen LogP contribution is 2.22. The first-order valence-corrected chi connectivity index (χ1v) is 7.00. The Morgan fingerprint density at radius 2 is 2.07 bits per heavy atom. The summed E-state index contributed by atoms with van der Waals surface area (Å²) in [4.78, 5) is 11.5. The normalized spacial score (nSPS) is 19.4. The van der Waals surface area contributed by atoms with Crippen molar-refractivity contribution >= 4 is 33.6 Å². The molecular weight excluding hydrogens is 262 g/mol. The number of thioether (sulfide) groups is 1. The van der Waals surface area contributed by atoms with Crippen molar-refractivity contribution in [3.05, 3.63) is 0 Å². The third-order valence-corrected chi connectivity index (χ3v) is 3.84. The molecule has 14 heavy (non-hydrogen) atoms. The molecule has 4 heteroatoms. The van der Waals surface area contributed by atoms with Crippen molar-refractivity contribution in [3.63, 3.8) is 0 Å². The third kappa shape index (κ3) is 4.22. The molecule has 1 aliphatic heterocycles. The Balaban J connectivity index is 2.22. The first-order valence-electron chi connectivity index (χ1n) is 5.05. The third-order valence-electron chi connectivity index (χ3n) is 2.43. The summed E-state index contributed by atoms with van der Waals surface area (Å²) in [7, 11) is 0. The predicted octanol–water partition coefficient (Wildman–Crippen LogP) is 2.42. The lowest BCUT2D eigenvalue weighted by molar-refractivity contribution is -0.122. The summed E-state index contributed by atoms with van der Waals surface area (Å²) >= 11 is 5.37. The van der Waals surface area contributed by atoms with Gasteiger partial charge in [0.1, 0.15) is 0 Å². The molecule has 0 aromatic rings. The zero-order valence-electron chi connectivity index (χ0n) is 8.81. The molecule has 1 amide bonds. The standard InChI is InChI=1S/C10H18BrNOS/c1-10(2,11)9(13)12-7-8-3-5-14-6-4-8/h8H,3-7H2,1-2H3,(H,12,13). The van der Waals surface area contributed by atoms with Gasteiger partial charge in [-0.2, -0.15) is 11.8 Å². The molecule has 0 aliphatic carbocycles. The summed E-state index contributed by atoms with van der Waals surface area (Å²) in [6, 6.07) is 0. The Labute approximate surface area is 98.7 Å². The molecule has 1 rings (SSSR count). The highest BCUT2D eigenvalue weighted by molar-refractivity contribution is 9.10. The van der Waals surface area contributed by atoms with Crippen LogP contribution in [0, 0.1) is 5.92 Å². The quantitative estimate of drug-likeness (QED) is 0.804. The second-order valence-electron chi connectivity index (χ2n) is 4.24. The summed E-state index contributed by atoms with van der Waals surface area (Å²) < 4.78 is -0.434. The fourth-order valence-electron chi connectivity index (χ4n) is 1.40. The van der Waals surface area contributed by atoms with Gasteiger partial charge in [-0.25, -0.2) is 0 Å². The summed E-state index contributed by atoms with van der Waals surface area (Å²) in [5.74, 6) is 3.28. The van der Waals surface area contributed by atoms with Gasteiger partial charge in [0.05, 0.1) is 4.32 Å². The van der Waals surface area contributed by atoms with E-state index in [-0.39, 0.29) is 5.91 Å². The number of alkyl halides is 1. The van der Waals surface area contributed by atoms with E-state index in [2.05, 4.69) is 21.2 Å². The number of amides is 1. The summed E-state index contributed by atoms with van der Waals surface area (Å²) in [5, 5.41) is 3.00. The molecule has 82 valence electrons. The van der Waals surface area contributed by atoms with E-state index in [0.717, 1.165) is 6.54 Å². The van der Waals surface area contributed by atoms with E-state index in [4.69, 9.17) is 0 Å². The van der Waals surface area contributed by atoms with Crippen LogP contribution in [-0.2, 0) is 4.79 Å². The van der Waals surface area contributed by atoms with Gasteiger partial charge in [0.15, 0.2) is 0 Å². The van der Waals surface area contributed by atoms with Gasteiger partial charge in [-0.15, -0.1) is 0 Å². The van der Waals surface area contributed by atoms with E-state index >= 15 is 0 Å². The summed E-state index contributed by atoms with van der Waals surface area (Å²) in [5.41, 5.74) is 0. The van der Waals surface area contributed by atoms with Gasteiger partial charge in [0.25, 0.3) is 0 Å². The minimum atomic E-state index is -0.434. The number of halogens is 1. The van der Waals surface area contributed by atoms with Crippen molar-refractivity contribution in [1.29, 1.82) is 0 Å². The molecule has 1 saturated heterocycles. The van der Waals surface area contributed by atoms with Crippen LogP contribution < -0.4 is 5.32 Å². The van der Waals surface area contributed by atoms with Crippen LogP contribution in [0.1, 0.15) is 26.7 Å². The highest BCUT2D eigenvalue weighted by Gasteiger charge is 2.24. The Morgan fingerprint density at radius 3 is 2.57 bits per heavy atom. The number of carbonyl (C=O) groups is 1. The Bertz CT molecular complexity index is 197. The Hall–Kier alpha value is 0.300. The monoisotopic (exact) mass is 279 g/mol. The highest BCUT2D eigenvalue weighted by atomic mass is 79.9. The van der Waals surface area contributed by atoms with Crippen molar-refractivity contribution in [3.8, 4) is 0 Å². The lowest BCUT2D eigenvalue weighted by atomic mass is 10.0. The van der Waals surface area contributed by atoms with E-state index in [1.54, 1.807) is 0 Å². The topological polar surface area (TPSA) is 29.1 Å². The van der Waals surface area contributed by atoms with Crippen LogP contribution in [0.4, 0.5) is 0 Å². The molecule has 0 atom stereocenters. The van der Waals surface area contributed by atoms with Crippen LogP contribution in [0.25, 0.3) is 0 Å². The molecule has 0 aromatic carbocycles. The fourth-order valence-corrected chi connectivity index (χ4v) is 2.74. The zero-order valence-corrected chi connectivity index (χ0v) is 11.2. The minimum Gasteiger partial charge on any atom is -0.355 e. The lowest BCUT2D eigenvalue weighted by Gasteiger charge is -2.23. The number of hydrogen-bond donors (Lipinski definition) is 1. The van der Waals surface area contributed by atoms with E-state index in [0.29, 0.717) is 5.92 Å². The predicted molar refractivity (Wildman–Crippen MR) is 66.1 cm³/mol. The summed E-state index contributed by atoms with van der Waals surface area (Å²) in [6.07, 6.45) is 2.49. The molecule has 0 unspecified atom stereocenters. The van der Waals surface area contributed by atoms with Gasteiger partial charge in [-0.1, -0.05) is 15.9 Å². The van der Waals surface area contributed by atoms with Crippen LogP contribution in [-0.4, -0.2) is 28.3 Å². The second-order valence-corrected chi connectivity index (χ2v) is 7.45. The van der Waals surface area contributed by atoms with Crippen LogP contribution in [0.15, 0.2) is 0 Å². The van der Waals surface area contributed by atoms with Gasteiger partial charge in [-0.3, -0.25) is 4.79 Å². The number of rotatable bonds is 3. The minimum absolute atomic E-state index is 0.0933. The molecule has 1 heterocycles. The smallest absolute Gasteiger partial charge is 0.236 e. The first-order chi connectivity index (χ1) is 6.50. The molecule has 0 spiro atoms. The van der Waals surface area contributed by atoms with E-state index in [1.807, 2.05) is 25.6 Å².